The molecule has 3 rings (SSSR count). The van der Waals surface area contributed by atoms with Crippen molar-refractivity contribution < 1.29 is 44.9 Å². The van der Waals surface area contributed by atoms with Gasteiger partial charge >= 0.3 is 0 Å². The molecule has 0 aliphatic carbocycles. The number of Topliss-reactive ketones (excluding diaryl/α,β-unsaturated/α-hetero) is 1. The molecular formula is C21H24O9. The van der Waals surface area contributed by atoms with E-state index >= 15 is 0 Å². The van der Waals surface area contributed by atoms with Gasteiger partial charge in [-0.05, 0) is 24.1 Å². The first kappa shape index (κ1) is 21.8. The maximum atomic E-state index is 12.8. The molecule has 30 heavy (non-hydrogen) atoms. The number of ketones is 1. The van der Waals surface area contributed by atoms with Gasteiger partial charge in [0.15, 0.2) is 5.78 Å². The van der Waals surface area contributed by atoms with Crippen LogP contribution in [0, 0.1) is 0 Å². The van der Waals surface area contributed by atoms with Crippen LogP contribution in [0.1, 0.15) is 28.8 Å². The molecule has 4 atom stereocenters. The molecule has 6 N–H and O–H groups in total. The van der Waals surface area contributed by atoms with E-state index in [0.29, 0.717) is 6.42 Å². The molecule has 0 amide bonds. The number of aliphatic hydroxyl groups is 3. The smallest absolute Gasteiger partial charge is 0.229 e. The Kier molecular flexibility index (Phi) is 6.78. The van der Waals surface area contributed by atoms with Gasteiger partial charge in [-0.3, -0.25) is 4.79 Å². The number of hydrogen-bond acceptors (Lipinski definition) is 9. The molecule has 0 aromatic heterocycles. The zero-order chi connectivity index (χ0) is 21.8. The summed E-state index contributed by atoms with van der Waals surface area (Å²) in [6.45, 7) is -0.409. The third kappa shape index (κ3) is 5.00. The van der Waals surface area contributed by atoms with Gasteiger partial charge in [-0.2, -0.15) is 0 Å². The molecular weight excluding hydrogens is 396 g/mol. The Morgan fingerprint density at radius 1 is 1.07 bits per heavy atom. The minimum absolute atomic E-state index is 0.00122. The zero-order valence-electron chi connectivity index (χ0n) is 16.0. The number of ether oxygens (including phenoxy) is 2. The Balaban J connectivity index is 1.81. The SMILES string of the molecule is O=C(CCc1ccc(O)cc1)c1c(O)cc(O)cc1O[C@@H]1O[C@H](CO)C[C@H](O)[C@H]1O. The van der Waals surface area contributed by atoms with Crippen LogP contribution in [0.25, 0.3) is 0 Å². The Hall–Kier alpha value is -2.85. The average molecular weight is 420 g/mol. The second-order valence-electron chi connectivity index (χ2n) is 7.15. The molecule has 2 aromatic carbocycles. The van der Waals surface area contributed by atoms with E-state index in [-0.39, 0.29) is 35.7 Å². The molecule has 162 valence electrons. The molecule has 0 unspecified atom stereocenters. The monoisotopic (exact) mass is 420 g/mol. The number of benzene rings is 2. The van der Waals surface area contributed by atoms with Crippen molar-refractivity contribution in [2.75, 3.05) is 6.61 Å². The third-order valence-electron chi connectivity index (χ3n) is 4.87. The van der Waals surface area contributed by atoms with Gasteiger partial charge in [0, 0.05) is 25.0 Å². The maximum Gasteiger partial charge on any atom is 0.229 e. The predicted molar refractivity (Wildman–Crippen MR) is 104 cm³/mol. The normalized spacial score (nSPS) is 23.8. The van der Waals surface area contributed by atoms with E-state index in [1.165, 1.54) is 12.1 Å². The van der Waals surface area contributed by atoms with E-state index in [4.69, 9.17) is 9.47 Å². The summed E-state index contributed by atoms with van der Waals surface area (Å²) >= 11 is 0. The molecule has 1 saturated heterocycles. The van der Waals surface area contributed by atoms with Gasteiger partial charge in [-0.1, -0.05) is 12.1 Å². The number of phenolic OH excluding ortho intramolecular Hbond substituents is 3. The van der Waals surface area contributed by atoms with Crippen molar-refractivity contribution in [3.63, 3.8) is 0 Å². The summed E-state index contributed by atoms with van der Waals surface area (Å²) in [5, 5.41) is 58.7. The van der Waals surface area contributed by atoms with Crippen molar-refractivity contribution in [2.45, 2.75) is 43.9 Å². The zero-order valence-corrected chi connectivity index (χ0v) is 16.0. The number of aliphatic hydroxyl groups excluding tert-OH is 3. The van der Waals surface area contributed by atoms with Crippen LogP contribution in [-0.2, 0) is 11.2 Å². The minimum Gasteiger partial charge on any atom is -0.508 e. The Morgan fingerprint density at radius 2 is 1.77 bits per heavy atom. The topological polar surface area (TPSA) is 157 Å². The second-order valence-corrected chi connectivity index (χ2v) is 7.15. The summed E-state index contributed by atoms with van der Waals surface area (Å²) < 4.78 is 10.9. The molecule has 0 radical (unpaired) electrons. The quantitative estimate of drug-likeness (QED) is 0.357. The van der Waals surface area contributed by atoms with Crippen molar-refractivity contribution in [1.29, 1.82) is 0 Å². The summed E-state index contributed by atoms with van der Waals surface area (Å²) in [5.41, 5.74) is 0.588. The molecule has 0 saturated carbocycles. The standard InChI is InChI=1S/C21H24O9/c22-10-14-9-17(27)20(28)21(29-14)30-18-8-13(24)7-16(26)19(18)15(25)6-3-11-1-4-12(23)5-2-11/h1-2,4-5,7-8,14,17,20-24,26-28H,3,6,9-10H2/t14-,17-,20+,21-/m0/s1. The van der Waals surface area contributed by atoms with Crippen molar-refractivity contribution in [2.24, 2.45) is 0 Å². The highest BCUT2D eigenvalue weighted by molar-refractivity contribution is 6.01. The Bertz CT molecular complexity index is 881. The van der Waals surface area contributed by atoms with Crippen LogP contribution in [0.3, 0.4) is 0 Å². The first-order valence-electron chi connectivity index (χ1n) is 9.44. The third-order valence-corrected chi connectivity index (χ3v) is 4.87. The van der Waals surface area contributed by atoms with Gasteiger partial charge in [-0.25, -0.2) is 0 Å². The summed E-state index contributed by atoms with van der Waals surface area (Å²) in [5.74, 6) is -1.49. The first-order chi connectivity index (χ1) is 14.3. The van der Waals surface area contributed by atoms with Crippen LogP contribution in [0.15, 0.2) is 36.4 Å². The molecule has 9 nitrogen and oxygen atoms in total. The lowest BCUT2D eigenvalue weighted by Gasteiger charge is -2.36. The molecule has 1 fully saturated rings. The van der Waals surface area contributed by atoms with Crippen molar-refractivity contribution in [3.8, 4) is 23.0 Å². The molecule has 0 bridgehead atoms. The molecule has 1 heterocycles. The molecule has 9 heteroatoms. The van der Waals surface area contributed by atoms with E-state index in [2.05, 4.69) is 0 Å². The number of hydrogen-bond donors (Lipinski definition) is 6. The summed E-state index contributed by atoms with van der Waals surface area (Å²) in [7, 11) is 0. The van der Waals surface area contributed by atoms with Gasteiger partial charge < -0.3 is 40.1 Å². The molecule has 1 aliphatic heterocycles. The fraction of sp³-hybridized carbons (Fsp3) is 0.381. The number of aryl methyl sites for hydroxylation is 1. The van der Waals surface area contributed by atoms with E-state index in [1.807, 2.05) is 0 Å². The summed E-state index contributed by atoms with van der Waals surface area (Å²) in [6, 6.07) is 8.41. The second kappa shape index (κ2) is 9.31. The number of carbonyl (C=O) groups is 1. The van der Waals surface area contributed by atoms with Crippen molar-refractivity contribution >= 4 is 5.78 Å². The molecule has 1 aliphatic rings. The summed E-state index contributed by atoms with van der Waals surface area (Å²) in [4.78, 5) is 12.8. The lowest BCUT2D eigenvalue weighted by molar-refractivity contribution is -0.240. The highest BCUT2D eigenvalue weighted by atomic mass is 16.7. The Morgan fingerprint density at radius 3 is 2.43 bits per heavy atom. The van der Waals surface area contributed by atoms with Crippen molar-refractivity contribution in [1.82, 2.24) is 0 Å². The average Bonchev–Trinajstić information content (AvgIpc) is 2.70. The fourth-order valence-electron chi connectivity index (χ4n) is 3.26. The van der Waals surface area contributed by atoms with Crippen LogP contribution < -0.4 is 4.74 Å². The van der Waals surface area contributed by atoms with E-state index < -0.39 is 42.7 Å². The van der Waals surface area contributed by atoms with Gasteiger partial charge in [-0.15, -0.1) is 0 Å². The van der Waals surface area contributed by atoms with Gasteiger partial charge in [0.1, 0.15) is 34.7 Å². The molecule has 0 spiro atoms. The first-order valence-corrected chi connectivity index (χ1v) is 9.44. The largest absolute Gasteiger partial charge is 0.508 e. The van der Waals surface area contributed by atoms with E-state index in [0.717, 1.165) is 17.7 Å². The van der Waals surface area contributed by atoms with E-state index in [1.54, 1.807) is 12.1 Å². The van der Waals surface area contributed by atoms with Crippen LogP contribution >= 0.6 is 0 Å². The summed E-state index contributed by atoms with van der Waals surface area (Å²) in [6.07, 6.45) is -4.56. The molecule has 2 aromatic rings. The van der Waals surface area contributed by atoms with Gasteiger partial charge in [0.25, 0.3) is 0 Å². The number of rotatable bonds is 7. The highest BCUT2D eigenvalue weighted by Crippen LogP contribution is 2.36. The fourth-order valence-corrected chi connectivity index (χ4v) is 3.26. The van der Waals surface area contributed by atoms with Crippen LogP contribution in [0.2, 0.25) is 0 Å². The van der Waals surface area contributed by atoms with E-state index in [9.17, 15) is 35.4 Å². The maximum absolute atomic E-state index is 12.8. The van der Waals surface area contributed by atoms with Crippen LogP contribution in [0.4, 0.5) is 0 Å². The lowest BCUT2D eigenvalue weighted by Crippen LogP contribution is -2.51. The van der Waals surface area contributed by atoms with Gasteiger partial charge in [0.2, 0.25) is 6.29 Å². The predicted octanol–water partition coefficient (Wildman–Crippen LogP) is 0.827. The number of carbonyl (C=O) groups excluding carboxylic acids is 1. The minimum atomic E-state index is -1.46. The lowest BCUT2D eigenvalue weighted by atomic mass is 10.0. The van der Waals surface area contributed by atoms with Crippen molar-refractivity contribution in [3.05, 3.63) is 47.5 Å². The Labute approximate surface area is 172 Å². The van der Waals surface area contributed by atoms with Gasteiger partial charge in [0.05, 0.1) is 18.8 Å². The highest BCUT2D eigenvalue weighted by Gasteiger charge is 2.38. The number of aromatic hydroxyl groups is 3. The number of phenols is 3. The van der Waals surface area contributed by atoms with Crippen LogP contribution in [0.5, 0.6) is 23.0 Å². The van der Waals surface area contributed by atoms with Crippen LogP contribution in [-0.4, -0.2) is 67.6 Å².